The average molecular weight is 393 g/mol. The monoisotopic (exact) mass is 392 g/mol. The fourth-order valence-corrected chi connectivity index (χ4v) is 4.98. The highest BCUT2D eigenvalue weighted by Crippen LogP contribution is 2.25. The molecule has 0 spiro atoms. The SMILES string of the molecule is O=C(Cc1cc(C(=O)NC2CCCCC2)sc1C(=O)O)NC1CCCCC1. The number of carbonyl (C=O) groups excluding carboxylic acids is 2. The third-order valence-corrected chi connectivity index (χ3v) is 6.65. The normalized spacial score (nSPS) is 18.8. The highest BCUT2D eigenvalue weighted by molar-refractivity contribution is 7.16. The van der Waals surface area contributed by atoms with E-state index in [0.717, 1.165) is 62.7 Å². The van der Waals surface area contributed by atoms with E-state index in [1.165, 1.54) is 12.8 Å². The Morgan fingerprint density at radius 2 is 1.48 bits per heavy atom. The second-order valence-corrected chi connectivity index (χ2v) is 8.71. The molecule has 0 aliphatic heterocycles. The van der Waals surface area contributed by atoms with Gasteiger partial charge in [0.1, 0.15) is 4.88 Å². The summed E-state index contributed by atoms with van der Waals surface area (Å²) in [7, 11) is 0. The third kappa shape index (κ3) is 5.54. The number of carboxylic acids is 1. The molecule has 0 unspecified atom stereocenters. The highest BCUT2D eigenvalue weighted by atomic mass is 32.1. The average Bonchev–Trinajstić information content (AvgIpc) is 3.07. The van der Waals surface area contributed by atoms with Crippen LogP contribution in [-0.4, -0.2) is 35.0 Å². The van der Waals surface area contributed by atoms with Crippen LogP contribution in [0.2, 0.25) is 0 Å². The van der Waals surface area contributed by atoms with E-state index in [2.05, 4.69) is 10.6 Å². The van der Waals surface area contributed by atoms with E-state index >= 15 is 0 Å². The van der Waals surface area contributed by atoms with Crippen molar-refractivity contribution in [3.8, 4) is 0 Å². The number of carbonyl (C=O) groups is 3. The van der Waals surface area contributed by atoms with Crippen LogP contribution in [0.5, 0.6) is 0 Å². The van der Waals surface area contributed by atoms with E-state index < -0.39 is 5.97 Å². The summed E-state index contributed by atoms with van der Waals surface area (Å²) in [6.45, 7) is 0. The molecule has 0 aromatic carbocycles. The van der Waals surface area contributed by atoms with Crippen LogP contribution in [-0.2, 0) is 11.2 Å². The minimum atomic E-state index is -1.09. The maximum absolute atomic E-state index is 12.5. The molecule has 2 aliphatic carbocycles. The van der Waals surface area contributed by atoms with Gasteiger partial charge in [0, 0.05) is 12.1 Å². The standard InChI is InChI=1S/C20H28N2O4S/c23-17(21-14-7-3-1-4-8-14)12-13-11-16(27-18(13)20(25)26)19(24)22-15-9-5-2-6-10-15/h11,14-15H,1-10,12H2,(H,21,23)(H,22,24)(H,25,26). The number of rotatable bonds is 6. The molecule has 0 radical (unpaired) electrons. The lowest BCUT2D eigenvalue weighted by molar-refractivity contribution is -0.121. The Kier molecular flexibility index (Phi) is 6.88. The minimum absolute atomic E-state index is 0.00530. The third-order valence-electron chi connectivity index (χ3n) is 5.49. The van der Waals surface area contributed by atoms with Gasteiger partial charge in [-0.05, 0) is 37.3 Å². The van der Waals surface area contributed by atoms with E-state index in [9.17, 15) is 19.5 Å². The topological polar surface area (TPSA) is 95.5 Å². The number of aromatic carboxylic acids is 1. The van der Waals surface area contributed by atoms with Crippen molar-refractivity contribution in [2.24, 2.45) is 0 Å². The van der Waals surface area contributed by atoms with Crippen molar-refractivity contribution in [1.82, 2.24) is 10.6 Å². The van der Waals surface area contributed by atoms with Crippen molar-refractivity contribution in [2.75, 3.05) is 0 Å². The van der Waals surface area contributed by atoms with Gasteiger partial charge in [-0.3, -0.25) is 9.59 Å². The summed E-state index contributed by atoms with van der Waals surface area (Å²) in [5.74, 6) is -1.48. The molecule has 2 aliphatic rings. The van der Waals surface area contributed by atoms with Gasteiger partial charge >= 0.3 is 5.97 Å². The molecule has 2 amide bonds. The van der Waals surface area contributed by atoms with E-state index in [1.807, 2.05) is 0 Å². The van der Waals surface area contributed by atoms with Crippen molar-refractivity contribution < 1.29 is 19.5 Å². The Morgan fingerprint density at radius 3 is 2.04 bits per heavy atom. The number of carboxylic acid groups (broad SMARTS) is 1. The zero-order valence-corrected chi connectivity index (χ0v) is 16.4. The molecule has 27 heavy (non-hydrogen) atoms. The molecular weight excluding hydrogens is 364 g/mol. The summed E-state index contributed by atoms with van der Waals surface area (Å²) >= 11 is 0.961. The van der Waals surface area contributed by atoms with Crippen LogP contribution in [0.15, 0.2) is 6.07 Å². The molecule has 0 bridgehead atoms. The maximum Gasteiger partial charge on any atom is 0.346 e. The van der Waals surface area contributed by atoms with Crippen molar-refractivity contribution in [3.63, 3.8) is 0 Å². The van der Waals surface area contributed by atoms with Crippen molar-refractivity contribution in [1.29, 1.82) is 0 Å². The smallest absolute Gasteiger partial charge is 0.346 e. The van der Waals surface area contributed by atoms with Gasteiger partial charge in [0.2, 0.25) is 5.91 Å². The van der Waals surface area contributed by atoms with Gasteiger partial charge in [-0.2, -0.15) is 0 Å². The van der Waals surface area contributed by atoms with Gasteiger partial charge in [0.25, 0.3) is 5.91 Å². The Balaban J connectivity index is 1.64. The van der Waals surface area contributed by atoms with Gasteiger partial charge in [0.05, 0.1) is 11.3 Å². The van der Waals surface area contributed by atoms with Crippen molar-refractivity contribution >= 4 is 29.1 Å². The number of nitrogens with one attached hydrogen (secondary N) is 2. The van der Waals surface area contributed by atoms with Crippen LogP contribution in [0.1, 0.15) is 89.1 Å². The van der Waals surface area contributed by atoms with E-state index in [0.29, 0.717) is 10.4 Å². The Morgan fingerprint density at radius 1 is 0.926 bits per heavy atom. The molecule has 7 heteroatoms. The van der Waals surface area contributed by atoms with Crippen molar-refractivity contribution in [2.45, 2.75) is 82.7 Å². The first kappa shape index (κ1) is 19.9. The molecule has 1 aromatic rings. The Bertz CT molecular complexity index is 688. The van der Waals surface area contributed by atoms with E-state index in [-0.39, 0.29) is 35.2 Å². The molecule has 2 fully saturated rings. The van der Waals surface area contributed by atoms with E-state index in [4.69, 9.17) is 0 Å². The lowest BCUT2D eigenvalue weighted by Gasteiger charge is -2.22. The predicted molar refractivity (Wildman–Crippen MR) is 104 cm³/mol. The predicted octanol–water partition coefficient (Wildman–Crippen LogP) is 3.50. The zero-order valence-electron chi connectivity index (χ0n) is 15.6. The zero-order chi connectivity index (χ0) is 19.2. The van der Waals surface area contributed by atoms with Gasteiger partial charge in [-0.25, -0.2) is 4.79 Å². The molecular formula is C20H28N2O4S. The largest absolute Gasteiger partial charge is 0.477 e. The van der Waals surface area contributed by atoms with Gasteiger partial charge < -0.3 is 15.7 Å². The summed E-state index contributed by atoms with van der Waals surface area (Å²) in [4.78, 5) is 36.9. The summed E-state index contributed by atoms with van der Waals surface area (Å²) in [6.07, 6.45) is 10.8. The summed E-state index contributed by atoms with van der Waals surface area (Å²) in [6, 6.07) is 1.93. The molecule has 6 nitrogen and oxygen atoms in total. The molecule has 0 atom stereocenters. The summed E-state index contributed by atoms with van der Waals surface area (Å²) < 4.78 is 0. The quantitative estimate of drug-likeness (QED) is 0.690. The second kappa shape index (κ2) is 9.35. The number of thiophene rings is 1. The maximum atomic E-state index is 12.5. The first-order chi connectivity index (χ1) is 13.0. The molecule has 1 aromatic heterocycles. The Hall–Kier alpha value is -1.89. The Labute approximate surface area is 163 Å². The molecule has 3 N–H and O–H groups in total. The van der Waals surface area contributed by atoms with Gasteiger partial charge in [-0.1, -0.05) is 38.5 Å². The summed E-state index contributed by atoms with van der Waals surface area (Å²) in [5, 5.41) is 15.5. The minimum Gasteiger partial charge on any atom is -0.477 e. The van der Waals surface area contributed by atoms with Gasteiger partial charge in [0.15, 0.2) is 0 Å². The van der Waals surface area contributed by atoms with Crippen LogP contribution in [0.25, 0.3) is 0 Å². The van der Waals surface area contributed by atoms with Crippen LogP contribution in [0.4, 0.5) is 0 Å². The van der Waals surface area contributed by atoms with Crippen LogP contribution in [0, 0.1) is 0 Å². The number of amides is 2. The van der Waals surface area contributed by atoms with Crippen molar-refractivity contribution in [3.05, 3.63) is 21.4 Å². The molecule has 1 heterocycles. The first-order valence-corrected chi connectivity index (χ1v) is 10.8. The van der Waals surface area contributed by atoms with Crippen LogP contribution >= 0.6 is 11.3 Å². The molecule has 148 valence electrons. The number of hydrogen-bond acceptors (Lipinski definition) is 4. The highest BCUT2D eigenvalue weighted by Gasteiger charge is 2.24. The fraction of sp³-hybridized carbons (Fsp3) is 0.650. The second-order valence-electron chi connectivity index (χ2n) is 7.66. The summed E-state index contributed by atoms with van der Waals surface area (Å²) in [5.41, 5.74) is 0.426. The lowest BCUT2D eigenvalue weighted by atomic mass is 9.95. The molecule has 0 saturated heterocycles. The molecule has 3 rings (SSSR count). The van der Waals surface area contributed by atoms with E-state index in [1.54, 1.807) is 6.07 Å². The number of hydrogen-bond donors (Lipinski definition) is 3. The molecule has 2 saturated carbocycles. The van der Waals surface area contributed by atoms with Crippen LogP contribution in [0.3, 0.4) is 0 Å². The van der Waals surface area contributed by atoms with Crippen LogP contribution < -0.4 is 10.6 Å². The lowest BCUT2D eigenvalue weighted by Crippen LogP contribution is -2.37. The fourth-order valence-electron chi connectivity index (χ4n) is 4.06. The van der Waals surface area contributed by atoms with Gasteiger partial charge in [-0.15, -0.1) is 11.3 Å². The first-order valence-electron chi connectivity index (χ1n) is 9.99.